The van der Waals surface area contributed by atoms with Gasteiger partial charge in [-0.25, -0.2) is 0 Å². The van der Waals surface area contributed by atoms with Crippen LogP contribution in [0.25, 0.3) is 0 Å². The maximum absolute atomic E-state index is 11.7. The van der Waals surface area contributed by atoms with E-state index in [9.17, 15) is 14.4 Å². The van der Waals surface area contributed by atoms with Gasteiger partial charge in [-0.2, -0.15) is 5.26 Å². The SMILES string of the molecule is CCOC(=O)CC(CC(C)(C)C#N)C(=O)OCC.CCOC(C)=O. The van der Waals surface area contributed by atoms with Crippen LogP contribution in [0.3, 0.4) is 0 Å². The lowest BCUT2D eigenvalue weighted by Crippen LogP contribution is -2.27. The van der Waals surface area contributed by atoms with Crippen molar-refractivity contribution in [3.05, 3.63) is 0 Å². The molecule has 0 spiro atoms. The molecule has 1 unspecified atom stereocenters. The van der Waals surface area contributed by atoms with Crippen molar-refractivity contribution >= 4 is 17.9 Å². The molecule has 0 aromatic rings. The standard InChI is InChI=1S/C13H21NO4.C4H8O2/c1-5-17-11(15)7-10(12(16)18-6-2)8-13(3,4)9-14;1-3-6-4(2)5/h10H,5-8H2,1-4H3;3H2,1-2H3. The first-order chi connectivity index (χ1) is 11.1. The van der Waals surface area contributed by atoms with Gasteiger partial charge in [0.15, 0.2) is 0 Å². The van der Waals surface area contributed by atoms with Crippen LogP contribution < -0.4 is 0 Å². The lowest BCUT2D eigenvalue weighted by molar-refractivity contribution is -0.155. The molecule has 0 saturated carbocycles. The molecule has 7 nitrogen and oxygen atoms in total. The molecule has 0 saturated heterocycles. The summed E-state index contributed by atoms with van der Waals surface area (Å²) < 4.78 is 14.1. The molecule has 0 amide bonds. The van der Waals surface area contributed by atoms with Gasteiger partial charge >= 0.3 is 17.9 Å². The van der Waals surface area contributed by atoms with Crippen LogP contribution >= 0.6 is 0 Å². The van der Waals surface area contributed by atoms with Crippen LogP contribution in [0.4, 0.5) is 0 Å². The summed E-state index contributed by atoms with van der Waals surface area (Å²) in [6.07, 6.45) is 0.235. The minimum absolute atomic E-state index is 0.0439. The fourth-order valence-corrected chi connectivity index (χ4v) is 1.78. The number of ether oxygens (including phenoxy) is 3. The number of hydrogen-bond acceptors (Lipinski definition) is 7. The molecule has 0 N–H and O–H groups in total. The number of carbonyl (C=O) groups excluding carboxylic acids is 3. The Hall–Kier alpha value is -2.10. The third-order valence-corrected chi connectivity index (χ3v) is 2.75. The summed E-state index contributed by atoms with van der Waals surface area (Å²) in [5, 5.41) is 8.97. The molecule has 0 radical (unpaired) electrons. The number of esters is 3. The monoisotopic (exact) mass is 343 g/mol. The van der Waals surface area contributed by atoms with E-state index in [1.165, 1.54) is 6.92 Å². The van der Waals surface area contributed by atoms with Crippen LogP contribution in [0.15, 0.2) is 0 Å². The van der Waals surface area contributed by atoms with E-state index < -0.39 is 23.3 Å². The van der Waals surface area contributed by atoms with Gasteiger partial charge in [0.2, 0.25) is 0 Å². The molecule has 0 aliphatic rings. The van der Waals surface area contributed by atoms with Crippen molar-refractivity contribution in [2.75, 3.05) is 19.8 Å². The number of rotatable bonds is 8. The zero-order valence-corrected chi connectivity index (χ0v) is 15.5. The van der Waals surface area contributed by atoms with E-state index in [4.69, 9.17) is 14.7 Å². The van der Waals surface area contributed by atoms with Gasteiger partial charge in [-0.05, 0) is 41.0 Å². The normalized spacial score (nSPS) is 11.2. The van der Waals surface area contributed by atoms with Crippen LogP contribution in [0.2, 0.25) is 0 Å². The first-order valence-corrected chi connectivity index (χ1v) is 8.00. The predicted molar refractivity (Wildman–Crippen MR) is 87.7 cm³/mol. The van der Waals surface area contributed by atoms with Gasteiger partial charge in [0.25, 0.3) is 0 Å². The molecule has 0 heterocycles. The van der Waals surface area contributed by atoms with Gasteiger partial charge < -0.3 is 14.2 Å². The van der Waals surface area contributed by atoms with Crippen LogP contribution in [0, 0.1) is 22.7 Å². The predicted octanol–water partition coefficient (Wildman–Crippen LogP) is 2.63. The van der Waals surface area contributed by atoms with E-state index in [0.717, 1.165) is 0 Å². The molecule has 7 heteroatoms. The van der Waals surface area contributed by atoms with Crippen molar-refractivity contribution in [3.8, 4) is 6.07 Å². The second kappa shape index (κ2) is 13.3. The Balaban J connectivity index is 0. The second-order valence-electron chi connectivity index (χ2n) is 5.58. The van der Waals surface area contributed by atoms with Crippen molar-refractivity contribution in [1.29, 1.82) is 5.26 Å². The molecule has 0 aromatic heterocycles. The van der Waals surface area contributed by atoms with Gasteiger partial charge in [-0.15, -0.1) is 0 Å². The Bertz CT molecular complexity index is 439. The van der Waals surface area contributed by atoms with E-state index >= 15 is 0 Å². The summed E-state index contributed by atoms with van der Waals surface area (Å²) in [6.45, 7) is 11.0. The molecular formula is C17H29NO6. The highest BCUT2D eigenvalue weighted by atomic mass is 16.5. The lowest BCUT2D eigenvalue weighted by Gasteiger charge is -2.21. The maximum Gasteiger partial charge on any atom is 0.309 e. The molecule has 0 aromatic carbocycles. The van der Waals surface area contributed by atoms with Crippen LogP contribution in [-0.4, -0.2) is 37.7 Å². The second-order valence-corrected chi connectivity index (χ2v) is 5.58. The van der Waals surface area contributed by atoms with Gasteiger partial charge in [0.05, 0.1) is 43.6 Å². The number of nitriles is 1. The molecular weight excluding hydrogens is 314 g/mol. The Morgan fingerprint density at radius 1 is 1.00 bits per heavy atom. The van der Waals surface area contributed by atoms with E-state index in [1.807, 2.05) is 0 Å². The minimum Gasteiger partial charge on any atom is -0.466 e. The Kier molecular flexibility index (Phi) is 13.4. The Morgan fingerprint density at radius 3 is 1.83 bits per heavy atom. The fourth-order valence-electron chi connectivity index (χ4n) is 1.78. The van der Waals surface area contributed by atoms with Crippen molar-refractivity contribution in [1.82, 2.24) is 0 Å². The number of nitrogens with zero attached hydrogens (tertiary/aromatic N) is 1. The highest BCUT2D eigenvalue weighted by Crippen LogP contribution is 2.27. The van der Waals surface area contributed by atoms with Crippen LogP contribution in [0.1, 0.15) is 54.4 Å². The number of carbonyl (C=O) groups is 3. The maximum atomic E-state index is 11.7. The van der Waals surface area contributed by atoms with Crippen molar-refractivity contribution in [2.24, 2.45) is 11.3 Å². The van der Waals surface area contributed by atoms with E-state index in [1.54, 1.807) is 34.6 Å². The zero-order valence-electron chi connectivity index (χ0n) is 15.5. The first kappa shape index (κ1) is 24.2. The van der Waals surface area contributed by atoms with E-state index in [-0.39, 0.29) is 32.0 Å². The fraction of sp³-hybridized carbons (Fsp3) is 0.765. The molecule has 0 rings (SSSR count). The van der Waals surface area contributed by atoms with Gasteiger partial charge in [0.1, 0.15) is 0 Å². The van der Waals surface area contributed by atoms with Gasteiger partial charge in [-0.3, -0.25) is 14.4 Å². The van der Waals surface area contributed by atoms with Crippen molar-refractivity contribution in [2.45, 2.75) is 54.4 Å². The summed E-state index contributed by atoms with van der Waals surface area (Å²) >= 11 is 0. The zero-order chi connectivity index (χ0) is 19.2. The minimum atomic E-state index is -0.677. The first-order valence-electron chi connectivity index (χ1n) is 8.00. The summed E-state index contributed by atoms with van der Waals surface area (Å²) in [6, 6.07) is 2.11. The van der Waals surface area contributed by atoms with Crippen molar-refractivity contribution < 1.29 is 28.6 Å². The topological polar surface area (TPSA) is 103 Å². The summed E-state index contributed by atoms with van der Waals surface area (Å²) in [4.78, 5) is 33.0. The van der Waals surface area contributed by atoms with E-state index in [0.29, 0.717) is 6.61 Å². The van der Waals surface area contributed by atoms with E-state index in [2.05, 4.69) is 10.8 Å². The third kappa shape index (κ3) is 13.6. The van der Waals surface area contributed by atoms with Gasteiger partial charge in [-0.1, -0.05) is 0 Å². The molecule has 138 valence electrons. The third-order valence-electron chi connectivity index (χ3n) is 2.75. The van der Waals surface area contributed by atoms with Crippen LogP contribution in [-0.2, 0) is 28.6 Å². The summed E-state index contributed by atoms with van der Waals surface area (Å²) in [5.74, 6) is -1.73. The van der Waals surface area contributed by atoms with Gasteiger partial charge in [0, 0.05) is 6.92 Å². The highest BCUT2D eigenvalue weighted by molar-refractivity contribution is 5.80. The highest BCUT2D eigenvalue weighted by Gasteiger charge is 2.31. The smallest absolute Gasteiger partial charge is 0.309 e. The summed E-state index contributed by atoms with van der Waals surface area (Å²) in [7, 11) is 0. The molecule has 1 atom stereocenters. The molecule has 0 bridgehead atoms. The molecule has 0 aliphatic carbocycles. The molecule has 0 fully saturated rings. The average molecular weight is 343 g/mol. The number of hydrogen-bond donors (Lipinski definition) is 0. The summed E-state index contributed by atoms with van der Waals surface area (Å²) in [5.41, 5.74) is -0.677. The average Bonchev–Trinajstić information content (AvgIpc) is 2.47. The lowest BCUT2D eigenvalue weighted by atomic mass is 9.83. The van der Waals surface area contributed by atoms with Crippen LogP contribution in [0.5, 0.6) is 0 Å². The quantitative estimate of drug-likeness (QED) is 0.493. The Morgan fingerprint density at radius 2 is 1.50 bits per heavy atom. The Labute approximate surface area is 144 Å². The van der Waals surface area contributed by atoms with Crippen molar-refractivity contribution in [3.63, 3.8) is 0 Å². The molecule has 0 aliphatic heterocycles. The largest absolute Gasteiger partial charge is 0.466 e. The molecule has 24 heavy (non-hydrogen) atoms.